The molecule has 1 aromatic heterocycles. The van der Waals surface area contributed by atoms with Crippen molar-refractivity contribution in [2.45, 2.75) is 39.8 Å². The number of benzene rings is 1. The van der Waals surface area contributed by atoms with Crippen LogP contribution in [0.25, 0.3) is 0 Å². The lowest BCUT2D eigenvalue weighted by molar-refractivity contribution is 0.0672. The van der Waals surface area contributed by atoms with Crippen molar-refractivity contribution in [1.82, 2.24) is 10.2 Å². The fraction of sp³-hybridized carbons (Fsp3) is 0.400. The summed E-state index contributed by atoms with van der Waals surface area (Å²) in [7, 11) is 0. The molecule has 3 amide bonds. The number of aryl methyl sites for hydroxylation is 1. The van der Waals surface area contributed by atoms with Crippen LogP contribution in [0, 0.1) is 6.92 Å². The van der Waals surface area contributed by atoms with Gasteiger partial charge in [0, 0.05) is 36.9 Å². The van der Waals surface area contributed by atoms with Crippen LogP contribution in [0.3, 0.4) is 0 Å². The van der Waals surface area contributed by atoms with Gasteiger partial charge in [-0.2, -0.15) is 11.3 Å². The van der Waals surface area contributed by atoms with E-state index in [0.717, 1.165) is 23.2 Å². The zero-order valence-corrected chi connectivity index (χ0v) is 16.3. The largest absolute Gasteiger partial charge is 0.336 e. The standard InChI is InChI=1S/C20H25N3O2S/c1-4-15(3)23(12-16-7-10-26-13-16)19(24)17-6-5-14(2)18(11-17)22-9-8-21-20(22)25/h5-7,10-11,13,15H,4,8-9,12H2,1-3H3,(H,21,25)/t15-/m0/s1. The van der Waals surface area contributed by atoms with E-state index in [-0.39, 0.29) is 18.0 Å². The number of rotatable bonds is 6. The minimum atomic E-state index is -0.102. The van der Waals surface area contributed by atoms with Crippen LogP contribution in [-0.4, -0.2) is 36.0 Å². The van der Waals surface area contributed by atoms with Crippen LogP contribution in [0.4, 0.5) is 10.5 Å². The second-order valence-corrected chi connectivity index (χ2v) is 7.49. The number of carbonyl (C=O) groups excluding carboxylic acids is 2. The zero-order chi connectivity index (χ0) is 18.7. The van der Waals surface area contributed by atoms with Crippen molar-refractivity contribution in [2.24, 2.45) is 0 Å². The van der Waals surface area contributed by atoms with Gasteiger partial charge in [-0.3, -0.25) is 9.69 Å². The third-order valence-corrected chi connectivity index (χ3v) is 5.65. The molecule has 2 aromatic rings. The van der Waals surface area contributed by atoms with Crippen LogP contribution in [0.5, 0.6) is 0 Å². The fourth-order valence-electron chi connectivity index (χ4n) is 3.13. The van der Waals surface area contributed by atoms with Crippen molar-refractivity contribution in [3.05, 3.63) is 51.7 Å². The second-order valence-electron chi connectivity index (χ2n) is 6.71. The number of nitrogens with one attached hydrogen (secondary N) is 1. The molecule has 1 aromatic carbocycles. The number of anilines is 1. The first-order valence-electron chi connectivity index (χ1n) is 8.99. The third-order valence-electron chi connectivity index (χ3n) is 4.92. The maximum Gasteiger partial charge on any atom is 0.322 e. The number of hydrogen-bond donors (Lipinski definition) is 1. The summed E-state index contributed by atoms with van der Waals surface area (Å²) in [5.41, 5.74) is 3.58. The van der Waals surface area contributed by atoms with E-state index >= 15 is 0 Å². The van der Waals surface area contributed by atoms with Crippen LogP contribution in [0.15, 0.2) is 35.0 Å². The third kappa shape index (κ3) is 3.75. The molecule has 1 N–H and O–H groups in total. The number of carbonyl (C=O) groups is 2. The van der Waals surface area contributed by atoms with Crippen LogP contribution in [0.1, 0.15) is 41.8 Å². The first kappa shape index (κ1) is 18.5. The molecular formula is C20H25N3O2S. The van der Waals surface area contributed by atoms with Gasteiger partial charge in [-0.05, 0) is 60.4 Å². The monoisotopic (exact) mass is 371 g/mol. The summed E-state index contributed by atoms with van der Waals surface area (Å²) in [6.07, 6.45) is 0.892. The lowest BCUT2D eigenvalue weighted by Crippen LogP contribution is -2.38. The van der Waals surface area contributed by atoms with E-state index in [1.165, 1.54) is 0 Å². The van der Waals surface area contributed by atoms with Gasteiger partial charge in [-0.15, -0.1) is 0 Å². The van der Waals surface area contributed by atoms with Crippen LogP contribution in [0.2, 0.25) is 0 Å². The van der Waals surface area contributed by atoms with Gasteiger partial charge in [-0.25, -0.2) is 4.79 Å². The van der Waals surface area contributed by atoms with E-state index in [2.05, 4.69) is 30.6 Å². The summed E-state index contributed by atoms with van der Waals surface area (Å²) >= 11 is 1.64. The van der Waals surface area contributed by atoms with Crippen LogP contribution in [-0.2, 0) is 6.54 Å². The molecule has 1 fully saturated rings. The molecule has 1 aliphatic heterocycles. The molecule has 3 rings (SSSR count). The van der Waals surface area contributed by atoms with Crippen molar-refractivity contribution in [2.75, 3.05) is 18.0 Å². The smallest absolute Gasteiger partial charge is 0.322 e. The Labute approximate surface area is 158 Å². The maximum atomic E-state index is 13.2. The molecule has 0 bridgehead atoms. The van der Waals surface area contributed by atoms with Crippen molar-refractivity contribution < 1.29 is 9.59 Å². The van der Waals surface area contributed by atoms with Crippen molar-refractivity contribution in [1.29, 1.82) is 0 Å². The lowest BCUT2D eigenvalue weighted by atomic mass is 10.1. The highest BCUT2D eigenvalue weighted by molar-refractivity contribution is 7.07. The maximum absolute atomic E-state index is 13.2. The van der Waals surface area contributed by atoms with Gasteiger partial charge in [0.15, 0.2) is 0 Å². The Kier molecular flexibility index (Phi) is 5.61. The molecule has 1 aliphatic rings. The quantitative estimate of drug-likeness (QED) is 0.834. The van der Waals surface area contributed by atoms with Gasteiger partial charge in [0.1, 0.15) is 0 Å². The van der Waals surface area contributed by atoms with Gasteiger partial charge in [-0.1, -0.05) is 13.0 Å². The Morgan fingerprint density at radius 2 is 2.19 bits per heavy atom. The first-order chi connectivity index (χ1) is 12.5. The number of nitrogens with zero attached hydrogens (tertiary/aromatic N) is 2. The van der Waals surface area contributed by atoms with Crippen molar-refractivity contribution >= 4 is 29.0 Å². The average Bonchev–Trinajstić information content (AvgIpc) is 3.30. The minimum absolute atomic E-state index is 0.00593. The first-order valence-corrected chi connectivity index (χ1v) is 9.93. The Morgan fingerprint density at radius 3 is 2.81 bits per heavy atom. The van der Waals surface area contributed by atoms with E-state index in [9.17, 15) is 9.59 Å². The topological polar surface area (TPSA) is 52.7 Å². The normalized spacial score (nSPS) is 15.0. The fourth-order valence-corrected chi connectivity index (χ4v) is 3.79. The molecule has 1 saturated heterocycles. The molecule has 0 aliphatic carbocycles. The summed E-state index contributed by atoms with van der Waals surface area (Å²) < 4.78 is 0. The second kappa shape index (κ2) is 7.91. The summed E-state index contributed by atoms with van der Waals surface area (Å²) in [5, 5.41) is 6.93. The predicted molar refractivity (Wildman–Crippen MR) is 106 cm³/mol. The molecule has 0 unspecified atom stereocenters. The number of amides is 3. The Morgan fingerprint density at radius 1 is 1.38 bits per heavy atom. The van der Waals surface area contributed by atoms with E-state index in [1.807, 2.05) is 35.4 Å². The lowest BCUT2D eigenvalue weighted by Gasteiger charge is -2.29. The Balaban J connectivity index is 1.90. The molecular weight excluding hydrogens is 346 g/mol. The van der Waals surface area contributed by atoms with E-state index < -0.39 is 0 Å². The highest BCUT2D eigenvalue weighted by atomic mass is 32.1. The van der Waals surface area contributed by atoms with Gasteiger partial charge in [0.05, 0.1) is 0 Å². The van der Waals surface area contributed by atoms with Crippen LogP contribution < -0.4 is 10.2 Å². The molecule has 0 spiro atoms. The highest BCUT2D eigenvalue weighted by Crippen LogP contribution is 2.25. The number of urea groups is 1. The summed E-state index contributed by atoms with van der Waals surface area (Å²) in [6.45, 7) is 7.99. The predicted octanol–water partition coefficient (Wildman–Crippen LogP) is 4.03. The molecule has 6 heteroatoms. The number of thiophene rings is 1. The minimum Gasteiger partial charge on any atom is -0.336 e. The summed E-state index contributed by atoms with van der Waals surface area (Å²) in [6, 6.07) is 7.73. The van der Waals surface area contributed by atoms with Gasteiger partial charge in [0.2, 0.25) is 0 Å². The molecule has 5 nitrogen and oxygen atoms in total. The molecule has 2 heterocycles. The SMILES string of the molecule is CC[C@H](C)N(Cc1ccsc1)C(=O)c1ccc(C)c(N2CCNC2=O)c1. The molecule has 0 radical (unpaired) electrons. The van der Waals surface area contributed by atoms with Crippen LogP contribution >= 0.6 is 11.3 Å². The van der Waals surface area contributed by atoms with Crippen molar-refractivity contribution in [3.63, 3.8) is 0 Å². The van der Waals surface area contributed by atoms with Gasteiger partial charge >= 0.3 is 6.03 Å². The zero-order valence-electron chi connectivity index (χ0n) is 15.5. The van der Waals surface area contributed by atoms with E-state index in [1.54, 1.807) is 16.2 Å². The van der Waals surface area contributed by atoms with Gasteiger partial charge in [0.25, 0.3) is 5.91 Å². The van der Waals surface area contributed by atoms with Gasteiger partial charge < -0.3 is 10.2 Å². The molecule has 1 atom stereocenters. The Bertz CT molecular complexity index is 788. The highest BCUT2D eigenvalue weighted by Gasteiger charge is 2.26. The molecule has 0 saturated carbocycles. The average molecular weight is 372 g/mol. The molecule has 138 valence electrons. The molecule has 26 heavy (non-hydrogen) atoms. The Hall–Kier alpha value is -2.34. The number of hydrogen-bond acceptors (Lipinski definition) is 3. The van der Waals surface area contributed by atoms with Crippen molar-refractivity contribution in [3.8, 4) is 0 Å². The van der Waals surface area contributed by atoms with E-state index in [4.69, 9.17) is 0 Å². The summed E-state index contributed by atoms with van der Waals surface area (Å²) in [4.78, 5) is 28.9. The summed E-state index contributed by atoms with van der Waals surface area (Å²) in [5.74, 6) is 0.00593. The van der Waals surface area contributed by atoms with E-state index in [0.29, 0.717) is 25.2 Å².